The van der Waals surface area contributed by atoms with E-state index in [1.54, 1.807) is 19.5 Å². The second kappa shape index (κ2) is 6.13. The van der Waals surface area contributed by atoms with Crippen LogP contribution in [-0.4, -0.2) is 34.4 Å². The Morgan fingerprint density at radius 1 is 1.36 bits per heavy atom. The molecule has 3 rings (SSSR count). The maximum atomic E-state index is 12.6. The summed E-state index contributed by atoms with van der Waals surface area (Å²) in [6.45, 7) is 2.75. The first kappa shape index (κ1) is 14.5. The lowest BCUT2D eigenvalue weighted by Crippen LogP contribution is -2.45. The Balaban J connectivity index is 1.77. The van der Waals surface area contributed by atoms with E-state index in [2.05, 4.69) is 9.97 Å². The van der Waals surface area contributed by atoms with E-state index in [0.717, 1.165) is 36.5 Å². The third-order valence-corrected chi connectivity index (χ3v) is 4.03. The molecule has 22 heavy (non-hydrogen) atoms. The Hall–Kier alpha value is -2.43. The van der Waals surface area contributed by atoms with Gasteiger partial charge < -0.3 is 9.64 Å². The van der Waals surface area contributed by atoms with Gasteiger partial charge in [-0.3, -0.25) is 4.79 Å². The standard InChI is InChI=1S/C17H19N3O2/c1-3-16-18-10-13(11-19-16)17(21)20-8-7-15(20)12-5-4-6-14(9-12)22-2/h4-6,9-11,15H,3,7-8H2,1-2H3/t15-/m0/s1. The van der Waals surface area contributed by atoms with Gasteiger partial charge in [-0.15, -0.1) is 0 Å². The molecule has 0 bridgehead atoms. The maximum absolute atomic E-state index is 12.6. The fourth-order valence-corrected chi connectivity index (χ4v) is 2.64. The van der Waals surface area contributed by atoms with Crippen molar-refractivity contribution in [3.63, 3.8) is 0 Å². The molecule has 0 aliphatic carbocycles. The summed E-state index contributed by atoms with van der Waals surface area (Å²) in [6, 6.07) is 7.98. The van der Waals surface area contributed by atoms with Gasteiger partial charge >= 0.3 is 0 Å². The van der Waals surface area contributed by atoms with Crippen LogP contribution in [0.4, 0.5) is 0 Å². The Kier molecular flexibility index (Phi) is 4.04. The zero-order valence-electron chi connectivity index (χ0n) is 12.8. The number of nitrogens with zero attached hydrogens (tertiary/aromatic N) is 3. The van der Waals surface area contributed by atoms with Gasteiger partial charge in [-0.1, -0.05) is 19.1 Å². The monoisotopic (exact) mass is 297 g/mol. The zero-order chi connectivity index (χ0) is 15.5. The molecular weight excluding hydrogens is 278 g/mol. The van der Waals surface area contributed by atoms with Gasteiger partial charge in [0.05, 0.1) is 18.7 Å². The van der Waals surface area contributed by atoms with Crippen LogP contribution in [0.25, 0.3) is 0 Å². The van der Waals surface area contributed by atoms with Gasteiger partial charge in [0.2, 0.25) is 0 Å². The SMILES string of the molecule is CCc1ncc(C(=O)N2CC[C@H]2c2cccc(OC)c2)cn1. The molecule has 0 radical (unpaired) electrons. The van der Waals surface area contributed by atoms with Crippen molar-refractivity contribution in [2.75, 3.05) is 13.7 Å². The molecule has 0 spiro atoms. The van der Waals surface area contributed by atoms with Crippen molar-refractivity contribution in [1.29, 1.82) is 0 Å². The number of rotatable bonds is 4. The zero-order valence-corrected chi connectivity index (χ0v) is 12.8. The number of ether oxygens (including phenoxy) is 1. The Morgan fingerprint density at radius 2 is 2.14 bits per heavy atom. The predicted molar refractivity (Wildman–Crippen MR) is 82.8 cm³/mol. The minimum Gasteiger partial charge on any atom is -0.497 e. The molecule has 0 N–H and O–H groups in total. The number of amides is 1. The van der Waals surface area contributed by atoms with Crippen LogP contribution in [0.3, 0.4) is 0 Å². The molecule has 2 heterocycles. The summed E-state index contributed by atoms with van der Waals surface area (Å²) in [5.41, 5.74) is 1.65. The maximum Gasteiger partial charge on any atom is 0.257 e. The molecule has 1 fully saturated rings. The van der Waals surface area contributed by atoms with E-state index in [1.807, 2.05) is 36.1 Å². The summed E-state index contributed by atoms with van der Waals surface area (Å²) in [7, 11) is 1.65. The van der Waals surface area contributed by atoms with Gasteiger partial charge in [-0.2, -0.15) is 0 Å². The first-order valence-electron chi connectivity index (χ1n) is 7.48. The van der Waals surface area contributed by atoms with E-state index < -0.39 is 0 Å². The number of hydrogen-bond acceptors (Lipinski definition) is 4. The average Bonchev–Trinajstić information content (AvgIpc) is 2.54. The van der Waals surface area contributed by atoms with Crippen molar-refractivity contribution in [1.82, 2.24) is 14.9 Å². The lowest BCUT2D eigenvalue weighted by Gasteiger charge is -2.41. The molecule has 1 atom stereocenters. The van der Waals surface area contributed by atoms with Crippen LogP contribution in [0, 0.1) is 0 Å². The lowest BCUT2D eigenvalue weighted by molar-refractivity contribution is 0.0459. The van der Waals surface area contributed by atoms with Crippen LogP contribution in [0.1, 0.15) is 41.1 Å². The average molecular weight is 297 g/mol. The highest BCUT2D eigenvalue weighted by molar-refractivity contribution is 5.94. The number of aryl methyl sites for hydroxylation is 1. The van der Waals surface area contributed by atoms with E-state index >= 15 is 0 Å². The molecule has 1 amide bonds. The molecule has 1 aromatic heterocycles. The van der Waals surface area contributed by atoms with Gasteiger partial charge in [-0.05, 0) is 24.1 Å². The topological polar surface area (TPSA) is 55.3 Å². The van der Waals surface area contributed by atoms with Crippen molar-refractivity contribution in [2.24, 2.45) is 0 Å². The third-order valence-electron chi connectivity index (χ3n) is 4.03. The summed E-state index contributed by atoms with van der Waals surface area (Å²) in [5, 5.41) is 0. The van der Waals surface area contributed by atoms with Crippen LogP contribution >= 0.6 is 0 Å². The van der Waals surface area contributed by atoms with E-state index in [1.165, 1.54) is 0 Å². The van der Waals surface area contributed by atoms with Gasteiger partial charge in [0.25, 0.3) is 5.91 Å². The number of aromatic nitrogens is 2. The van der Waals surface area contributed by atoms with Gasteiger partial charge in [-0.25, -0.2) is 9.97 Å². The Bertz CT molecular complexity index is 670. The molecule has 1 saturated heterocycles. The fourth-order valence-electron chi connectivity index (χ4n) is 2.64. The molecule has 1 aliphatic heterocycles. The number of likely N-dealkylation sites (tertiary alicyclic amines) is 1. The van der Waals surface area contributed by atoms with Crippen molar-refractivity contribution in [3.8, 4) is 5.75 Å². The highest BCUT2D eigenvalue weighted by Crippen LogP contribution is 2.35. The minimum atomic E-state index is -0.0123. The van der Waals surface area contributed by atoms with Crippen molar-refractivity contribution < 1.29 is 9.53 Å². The van der Waals surface area contributed by atoms with Gasteiger partial charge in [0.1, 0.15) is 11.6 Å². The number of carbonyl (C=O) groups is 1. The molecule has 0 unspecified atom stereocenters. The van der Waals surface area contributed by atoms with Crippen molar-refractivity contribution in [2.45, 2.75) is 25.8 Å². The summed E-state index contributed by atoms with van der Waals surface area (Å²) >= 11 is 0. The van der Waals surface area contributed by atoms with Crippen LogP contribution in [0.15, 0.2) is 36.7 Å². The number of hydrogen-bond donors (Lipinski definition) is 0. The van der Waals surface area contributed by atoms with Crippen LogP contribution in [0.5, 0.6) is 5.75 Å². The van der Waals surface area contributed by atoms with Crippen molar-refractivity contribution >= 4 is 5.91 Å². The first-order valence-corrected chi connectivity index (χ1v) is 7.48. The lowest BCUT2D eigenvalue weighted by atomic mass is 9.94. The quantitative estimate of drug-likeness (QED) is 0.870. The van der Waals surface area contributed by atoms with Crippen LogP contribution in [0.2, 0.25) is 0 Å². The second-order valence-corrected chi connectivity index (χ2v) is 5.32. The molecule has 0 saturated carbocycles. The highest BCUT2D eigenvalue weighted by atomic mass is 16.5. The van der Waals surface area contributed by atoms with Crippen molar-refractivity contribution in [3.05, 3.63) is 53.6 Å². The smallest absolute Gasteiger partial charge is 0.257 e. The fraction of sp³-hybridized carbons (Fsp3) is 0.353. The summed E-state index contributed by atoms with van der Waals surface area (Å²) < 4.78 is 5.26. The van der Waals surface area contributed by atoms with Gasteiger partial charge in [0, 0.05) is 25.4 Å². The number of methoxy groups -OCH3 is 1. The first-order chi connectivity index (χ1) is 10.7. The van der Waals surface area contributed by atoms with Crippen LogP contribution < -0.4 is 4.74 Å². The second-order valence-electron chi connectivity index (χ2n) is 5.32. The van der Waals surface area contributed by atoms with E-state index in [9.17, 15) is 4.79 Å². The number of carbonyl (C=O) groups excluding carboxylic acids is 1. The molecule has 114 valence electrons. The summed E-state index contributed by atoms with van der Waals surface area (Å²) in [4.78, 5) is 22.9. The molecule has 1 aliphatic rings. The van der Waals surface area contributed by atoms with Crippen LogP contribution in [-0.2, 0) is 6.42 Å². The Labute approximate surface area is 130 Å². The molecule has 5 nitrogen and oxygen atoms in total. The molecule has 5 heteroatoms. The highest BCUT2D eigenvalue weighted by Gasteiger charge is 2.34. The predicted octanol–water partition coefficient (Wildman–Crippen LogP) is 2.63. The molecule has 1 aromatic carbocycles. The third kappa shape index (κ3) is 2.66. The normalized spacial score (nSPS) is 17.0. The van der Waals surface area contributed by atoms with Gasteiger partial charge in [0.15, 0.2) is 0 Å². The molecular formula is C17H19N3O2. The van der Waals surface area contributed by atoms with E-state index in [-0.39, 0.29) is 11.9 Å². The van der Waals surface area contributed by atoms with E-state index in [4.69, 9.17) is 4.74 Å². The molecule has 2 aromatic rings. The minimum absolute atomic E-state index is 0.0123. The van der Waals surface area contributed by atoms with E-state index in [0.29, 0.717) is 5.56 Å². The summed E-state index contributed by atoms with van der Waals surface area (Å²) in [6.07, 6.45) is 4.97. The Morgan fingerprint density at radius 3 is 2.73 bits per heavy atom. The summed E-state index contributed by atoms with van der Waals surface area (Å²) in [5.74, 6) is 1.55. The largest absolute Gasteiger partial charge is 0.497 e. The number of benzene rings is 1.